The number of hydrogen-bond acceptors (Lipinski definition) is 7. The summed E-state index contributed by atoms with van der Waals surface area (Å²) in [4.78, 5) is 11.1. The molecule has 5 atom stereocenters. The molecule has 7 nitrogen and oxygen atoms in total. The fourth-order valence-electron chi connectivity index (χ4n) is 4.13. The molecule has 0 bridgehead atoms. The number of hydrogen-bond donors (Lipinski definition) is 3. The van der Waals surface area contributed by atoms with E-state index in [1.54, 1.807) is 14.0 Å². The molecule has 1 aromatic rings. The normalized spacial score (nSPS) is 27.4. The highest BCUT2D eigenvalue weighted by Crippen LogP contribution is 2.41. The number of aliphatic hydroxyl groups excluding tert-OH is 2. The molecular formula is C21H32N2O5. The molecule has 1 aromatic carbocycles. The van der Waals surface area contributed by atoms with Gasteiger partial charge in [-0.3, -0.25) is 0 Å². The first-order valence-electron chi connectivity index (χ1n) is 10.1. The van der Waals surface area contributed by atoms with Gasteiger partial charge in [0.1, 0.15) is 6.29 Å². The van der Waals surface area contributed by atoms with Crippen molar-refractivity contribution >= 4 is 6.29 Å². The van der Waals surface area contributed by atoms with Gasteiger partial charge in [-0.2, -0.15) is 0 Å². The van der Waals surface area contributed by atoms with E-state index in [9.17, 15) is 15.0 Å². The van der Waals surface area contributed by atoms with Crippen LogP contribution in [-0.4, -0.2) is 66.6 Å². The highest BCUT2D eigenvalue weighted by Gasteiger charge is 2.43. The fourth-order valence-corrected chi connectivity index (χ4v) is 4.13. The summed E-state index contributed by atoms with van der Waals surface area (Å²) in [5.74, 6) is 2.41. The number of rotatable bonds is 10. The summed E-state index contributed by atoms with van der Waals surface area (Å²) in [6, 6.07) is 5.15. The van der Waals surface area contributed by atoms with Crippen molar-refractivity contribution in [2.75, 3.05) is 26.9 Å². The molecule has 156 valence electrons. The Labute approximate surface area is 166 Å². The molecule has 28 heavy (non-hydrogen) atoms. The van der Waals surface area contributed by atoms with Gasteiger partial charge in [-0.05, 0) is 49.3 Å². The van der Waals surface area contributed by atoms with Crippen LogP contribution < -0.4 is 14.9 Å². The van der Waals surface area contributed by atoms with Crippen LogP contribution >= 0.6 is 0 Å². The first-order chi connectivity index (χ1) is 13.5. The first-order valence-corrected chi connectivity index (χ1v) is 10.1. The van der Waals surface area contributed by atoms with Crippen LogP contribution in [0, 0.1) is 11.8 Å². The number of ether oxygens (including phenoxy) is 2. The van der Waals surface area contributed by atoms with Crippen LogP contribution in [0.4, 0.5) is 0 Å². The molecule has 1 aliphatic heterocycles. The third-order valence-corrected chi connectivity index (χ3v) is 5.90. The zero-order chi connectivity index (χ0) is 20.3. The van der Waals surface area contributed by atoms with Crippen LogP contribution in [0.1, 0.15) is 38.2 Å². The number of aliphatic hydroxyl groups is 2. The minimum absolute atomic E-state index is 0.142. The number of benzene rings is 1. The molecule has 0 aromatic heterocycles. The van der Waals surface area contributed by atoms with Gasteiger partial charge in [-0.1, -0.05) is 13.0 Å². The zero-order valence-corrected chi connectivity index (χ0v) is 16.9. The molecule has 2 aliphatic rings. The zero-order valence-electron chi connectivity index (χ0n) is 16.9. The lowest BCUT2D eigenvalue weighted by molar-refractivity contribution is -0.112. The second-order valence-corrected chi connectivity index (χ2v) is 8.07. The van der Waals surface area contributed by atoms with E-state index in [-0.39, 0.29) is 24.5 Å². The Balaban J connectivity index is 1.80. The number of carbonyl (C=O) groups is 1. The van der Waals surface area contributed by atoms with Crippen molar-refractivity contribution in [3.8, 4) is 11.5 Å². The third kappa shape index (κ3) is 4.66. The summed E-state index contributed by atoms with van der Waals surface area (Å²) < 4.78 is 11.5. The van der Waals surface area contributed by atoms with Crippen LogP contribution in [0.25, 0.3) is 0 Å². The van der Waals surface area contributed by atoms with Crippen LogP contribution in [0.3, 0.4) is 0 Å². The maximum absolute atomic E-state index is 11.1. The lowest BCUT2D eigenvalue weighted by Crippen LogP contribution is -2.53. The van der Waals surface area contributed by atoms with Gasteiger partial charge < -0.3 is 24.5 Å². The highest BCUT2D eigenvalue weighted by atomic mass is 16.5. The topological polar surface area (TPSA) is 91.3 Å². The standard InChI is InChI=1S/C21H32N2O5/c1-13-18(9-23(21(13)14(2)26)22-17(10-24)11-25)16-6-7-19(27-3)20(8-16)28-12-15-4-5-15/h6-8,10,13-15,17-18,21-22,25-26H,4-5,9,11-12H2,1-3H3. The number of methoxy groups -OCH3 is 1. The van der Waals surface area contributed by atoms with E-state index in [2.05, 4.69) is 12.3 Å². The van der Waals surface area contributed by atoms with Gasteiger partial charge in [-0.15, -0.1) is 0 Å². The lowest BCUT2D eigenvalue weighted by atomic mass is 9.85. The van der Waals surface area contributed by atoms with E-state index >= 15 is 0 Å². The molecule has 0 radical (unpaired) electrons. The van der Waals surface area contributed by atoms with E-state index in [1.807, 2.05) is 23.2 Å². The molecule has 0 spiro atoms. The lowest BCUT2D eigenvalue weighted by Gasteiger charge is -2.31. The van der Waals surface area contributed by atoms with Gasteiger partial charge in [-0.25, -0.2) is 10.4 Å². The SMILES string of the molecule is COc1ccc(C2CN(NC(C=O)CO)C(C(C)O)C2C)cc1OCC1CC1. The maximum Gasteiger partial charge on any atom is 0.161 e. The monoisotopic (exact) mass is 392 g/mol. The third-order valence-electron chi connectivity index (χ3n) is 5.90. The summed E-state index contributed by atoms with van der Waals surface area (Å²) in [5.41, 5.74) is 4.17. The Kier molecular flexibility index (Phi) is 6.93. The molecule has 1 heterocycles. The number of aldehydes is 1. The quantitative estimate of drug-likeness (QED) is 0.518. The van der Waals surface area contributed by atoms with Gasteiger partial charge in [0, 0.05) is 12.5 Å². The Hall–Kier alpha value is -1.67. The van der Waals surface area contributed by atoms with Gasteiger partial charge in [0.15, 0.2) is 11.5 Å². The highest BCUT2D eigenvalue weighted by molar-refractivity contribution is 5.57. The van der Waals surface area contributed by atoms with E-state index < -0.39 is 12.1 Å². The molecule has 5 unspecified atom stereocenters. The number of hydrazine groups is 1. The van der Waals surface area contributed by atoms with Crippen molar-refractivity contribution in [1.82, 2.24) is 10.4 Å². The molecule has 3 N–H and O–H groups in total. The maximum atomic E-state index is 11.1. The van der Waals surface area contributed by atoms with Crippen LogP contribution in [0.15, 0.2) is 18.2 Å². The summed E-state index contributed by atoms with van der Waals surface area (Å²) in [6.45, 7) is 4.91. The predicted molar refractivity (Wildman–Crippen MR) is 105 cm³/mol. The summed E-state index contributed by atoms with van der Waals surface area (Å²) in [7, 11) is 1.64. The van der Waals surface area contributed by atoms with Crippen molar-refractivity contribution in [3.63, 3.8) is 0 Å². The predicted octanol–water partition coefficient (Wildman–Crippen LogP) is 1.33. The minimum Gasteiger partial charge on any atom is -0.493 e. The Morgan fingerprint density at radius 1 is 1.36 bits per heavy atom. The van der Waals surface area contributed by atoms with Crippen molar-refractivity contribution in [2.45, 2.75) is 50.8 Å². The molecule has 2 fully saturated rings. The van der Waals surface area contributed by atoms with Gasteiger partial charge in [0.2, 0.25) is 0 Å². The van der Waals surface area contributed by atoms with Crippen LogP contribution in [0.2, 0.25) is 0 Å². The van der Waals surface area contributed by atoms with E-state index in [0.717, 1.165) is 17.1 Å². The first kappa shape index (κ1) is 21.0. The molecule has 1 saturated carbocycles. The molecule has 1 aliphatic carbocycles. The van der Waals surface area contributed by atoms with Crippen LogP contribution in [0.5, 0.6) is 11.5 Å². The summed E-state index contributed by atoms with van der Waals surface area (Å²) >= 11 is 0. The Morgan fingerprint density at radius 3 is 2.68 bits per heavy atom. The van der Waals surface area contributed by atoms with E-state index in [0.29, 0.717) is 25.4 Å². The van der Waals surface area contributed by atoms with E-state index in [1.165, 1.54) is 12.8 Å². The number of nitrogens with one attached hydrogen (secondary N) is 1. The number of nitrogens with zero attached hydrogens (tertiary/aromatic N) is 1. The minimum atomic E-state index is -0.680. The Morgan fingerprint density at radius 2 is 2.11 bits per heavy atom. The molecule has 1 saturated heterocycles. The van der Waals surface area contributed by atoms with Crippen molar-refractivity contribution < 1.29 is 24.5 Å². The largest absolute Gasteiger partial charge is 0.493 e. The van der Waals surface area contributed by atoms with Gasteiger partial charge in [0.25, 0.3) is 0 Å². The molecule has 0 amide bonds. The fraction of sp³-hybridized carbons (Fsp3) is 0.667. The van der Waals surface area contributed by atoms with Crippen molar-refractivity contribution in [3.05, 3.63) is 23.8 Å². The average molecular weight is 392 g/mol. The van der Waals surface area contributed by atoms with Crippen molar-refractivity contribution in [2.24, 2.45) is 11.8 Å². The Bertz CT molecular complexity index is 664. The van der Waals surface area contributed by atoms with E-state index in [4.69, 9.17) is 9.47 Å². The second kappa shape index (κ2) is 9.22. The van der Waals surface area contributed by atoms with Gasteiger partial charge >= 0.3 is 0 Å². The smallest absolute Gasteiger partial charge is 0.161 e. The van der Waals surface area contributed by atoms with Gasteiger partial charge in [0.05, 0.1) is 38.5 Å². The second-order valence-electron chi connectivity index (χ2n) is 8.07. The molecule has 3 rings (SSSR count). The number of carbonyl (C=O) groups excluding carboxylic acids is 1. The summed E-state index contributed by atoms with van der Waals surface area (Å²) in [6.07, 6.45) is 2.55. The van der Waals surface area contributed by atoms with Crippen molar-refractivity contribution in [1.29, 1.82) is 0 Å². The van der Waals surface area contributed by atoms with Crippen LogP contribution in [-0.2, 0) is 4.79 Å². The average Bonchev–Trinajstić information content (AvgIpc) is 3.46. The molecular weight excluding hydrogens is 360 g/mol. The molecule has 7 heteroatoms. The summed E-state index contributed by atoms with van der Waals surface area (Å²) in [5, 5.41) is 21.6.